The third kappa shape index (κ3) is 3.67. The second kappa shape index (κ2) is 5.82. The number of hydrazone groups is 1. The molecule has 0 saturated carbocycles. The van der Waals surface area contributed by atoms with Crippen LogP contribution in [0.3, 0.4) is 0 Å². The quantitative estimate of drug-likeness (QED) is 0.651. The van der Waals surface area contributed by atoms with Crippen molar-refractivity contribution in [1.29, 1.82) is 0 Å². The number of nitrogens with zero attached hydrogens (tertiary/aromatic N) is 1. The zero-order valence-corrected chi connectivity index (χ0v) is 10.5. The van der Waals surface area contributed by atoms with Gasteiger partial charge >= 0.3 is 5.97 Å². The smallest absolute Gasteiger partial charge is 0.335 e. The molecule has 0 aliphatic carbocycles. The first-order valence-electron chi connectivity index (χ1n) is 5.84. The Morgan fingerprint density at radius 1 is 1.11 bits per heavy atom. The van der Waals surface area contributed by atoms with Crippen LogP contribution in [0.1, 0.15) is 21.5 Å². The monoisotopic (exact) mass is 254 g/mol. The third-order valence-electron chi connectivity index (χ3n) is 2.62. The number of benzene rings is 2. The minimum Gasteiger partial charge on any atom is -0.478 e. The zero-order valence-electron chi connectivity index (χ0n) is 10.5. The number of hydrogen-bond donors (Lipinski definition) is 2. The lowest BCUT2D eigenvalue weighted by Gasteiger charge is -2.00. The first-order valence-corrected chi connectivity index (χ1v) is 5.84. The summed E-state index contributed by atoms with van der Waals surface area (Å²) in [6.45, 7) is 2.02. The van der Waals surface area contributed by atoms with Gasteiger partial charge in [-0.05, 0) is 36.8 Å². The van der Waals surface area contributed by atoms with Crippen LogP contribution in [0, 0.1) is 6.92 Å². The summed E-state index contributed by atoms with van der Waals surface area (Å²) in [7, 11) is 0. The molecule has 0 saturated heterocycles. The van der Waals surface area contributed by atoms with Crippen molar-refractivity contribution in [3.8, 4) is 0 Å². The number of aryl methyl sites for hydroxylation is 1. The van der Waals surface area contributed by atoms with E-state index in [0.717, 1.165) is 11.3 Å². The lowest BCUT2D eigenvalue weighted by atomic mass is 10.1. The molecule has 0 bridgehead atoms. The molecule has 0 unspecified atom stereocenters. The van der Waals surface area contributed by atoms with E-state index in [-0.39, 0.29) is 5.56 Å². The van der Waals surface area contributed by atoms with E-state index in [2.05, 4.69) is 10.5 Å². The molecule has 0 aromatic heterocycles. The number of hydrogen-bond acceptors (Lipinski definition) is 3. The molecule has 0 spiro atoms. The molecule has 96 valence electrons. The van der Waals surface area contributed by atoms with Crippen molar-refractivity contribution in [2.75, 3.05) is 5.43 Å². The molecule has 2 rings (SSSR count). The first-order chi connectivity index (χ1) is 9.15. The van der Waals surface area contributed by atoms with E-state index in [9.17, 15) is 4.79 Å². The number of carbonyl (C=O) groups is 1. The van der Waals surface area contributed by atoms with Gasteiger partial charge in [0.05, 0.1) is 17.5 Å². The van der Waals surface area contributed by atoms with Crippen LogP contribution in [0.15, 0.2) is 53.6 Å². The van der Waals surface area contributed by atoms with E-state index in [1.54, 1.807) is 30.5 Å². The summed E-state index contributed by atoms with van der Waals surface area (Å²) in [5, 5.41) is 12.9. The van der Waals surface area contributed by atoms with Crippen LogP contribution < -0.4 is 5.43 Å². The van der Waals surface area contributed by atoms with Crippen molar-refractivity contribution < 1.29 is 9.90 Å². The number of anilines is 1. The van der Waals surface area contributed by atoms with E-state index >= 15 is 0 Å². The fraction of sp³-hybridized carbons (Fsp3) is 0.0667. The molecule has 0 fully saturated rings. The van der Waals surface area contributed by atoms with Gasteiger partial charge in [0, 0.05) is 0 Å². The maximum Gasteiger partial charge on any atom is 0.335 e. The lowest BCUT2D eigenvalue weighted by Crippen LogP contribution is -1.96. The second-order valence-electron chi connectivity index (χ2n) is 4.16. The van der Waals surface area contributed by atoms with Crippen LogP contribution >= 0.6 is 0 Å². The average molecular weight is 254 g/mol. The number of nitrogens with one attached hydrogen (secondary N) is 1. The van der Waals surface area contributed by atoms with Crippen LogP contribution in [0.2, 0.25) is 0 Å². The fourth-order valence-corrected chi connectivity index (χ4v) is 1.52. The Balaban J connectivity index is 1.98. The highest BCUT2D eigenvalue weighted by molar-refractivity contribution is 5.89. The largest absolute Gasteiger partial charge is 0.478 e. The highest BCUT2D eigenvalue weighted by Crippen LogP contribution is 2.08. The molecule has 0 radical (unpaired) electrons. The van der Waals surface area contributed by atoms with Gasteiger partial charge in [-0.3, -0.25) is 5.43 Å². The van der Waals surface area contributed by atoms with E-state index in [1.807, 2.05) is 31.2 Å². The predicted molar refractivity (Wildman–Crippen MR) is 75.8 cm³/mol. The minimum atomic E-state index is -0.929. The van der Waals surface area contributed by atoms with Crippen molar-refractivity contribution in [3.05, 3.63) is 65.2 Å². The van der Waals surface area contributed by atoms with Gasteiger partial charge in [-0.1, -0.05) is 29.8 Å². The predicted octanol–water partition coefficient (Wildman–Crippen LogP) is 3.14. The molecule has 19 heavy (non-hydrogen) atoms. The molecular weight excluding hydrogens is 240 g/mol. The number of aromatic carboxylic acids is 1. The Morgan fingerprint density at radius 3 is 2.32 bits per heavy atom. The highest BCUT2D eigenvalue weighted by atomic mass is 16.4. The summed E-state index contributed by atoms with van der Waals surface area (Å²) >= 11 is 0. The molecule has 4 heteroatoms. The molecule has 2 aromatic carbocycles. The van der Waals surface area contributed by atoms with E-state index in [1.165, 1.54) is 5.56 Å². The zero-order chi connectivity index (χ0) is 13.7. The highest BCUT2D eigenvalue weighted by Gasteiger charge is 2.00. The normalized spacial score (nSPS) is 10.6. The topological polar surface area (TPSA) is 61.7 Å². The van der Waals surface area contributed by atoms with Gasteiger partial charge in [0.2, 0.25) is 0 Å². The summed E-state index contributed by atoms with van der Waals surface area (Å²) in [4.78, 5) is 10.7. The van der Waals surface area contributed by atoms with Crippen LogP contribution in [-0.2, 0) is 0 Å². The Bertz CT molecular complexity index is 587. The van der Waals surface area contributed by atoms with Crippen molar-refractivity contribution in [1.82, 2.24) is 0 Å². The van der Waals surface area contributed by atoms with Gasteiger partial charge < -0.3 is 5.11 Å². The summed E-state index contributed by atoms with van der Waals surface area (Å²) in [6.07, 6.45) is 1.64. The van der Waals surface area contributed by atoms with Crippen molar-refractivity contribution in [2.24, 2.45) is 5.10 Å². The molecule has 2 aromatic rings. The average Bonchev–Trinajstić information content (AvgIpc) is 2.41. The molecule has 0 heterocycles. The van der Waals surface area contributed by atoms with Crippen LogP contribution in [0.4, 0.5) is 5.69 Å². The summed E-state index contributed by atoms with van der Waals surface area (Å²) in [5.41, 5.74) is 6.12. The molecule has 0 atom stereocenters. The van der Waals surface area contributed by atoms with E-state index in [4.69, 9.17) is 5.11 Å². The van der Waals surface area contributed by atoms with Crippen LogP contribution in [0.5, 0.6) is 0 Å². The first kappa shape index (κ1) is 12.8. The SMILES string of the molecule is Cc1ccc(N/N=C\c2ccc(C(=O)O)cc2)cc1. The van der Waals surface area contributed by atoms with Gasteiger partial charge in [0.25, 0.3) is 0 Å². The standard InChI is InChI=1S/C15H14N2O2/c1-11-2-8-14(9-3-11)17-16-10-12-4-6-13(7-5-12)15(18)19/h2-10,17H,1H3,(H,18,19)/b16-10-. The van der Waals surface area contributed by atoms with Gasteiger partial charge in [-0.2, -0.15) is 5.10 Å². The van der Waals surface area contributed by atoms with Gasteiger partial charge in [0.1, 0.15) is 0 Å². The van der Waals surface area contributed by atoms with Gasteiger partial charge in [-0.25, -0.2) is 4.79 Å². The lowest BCUT2D eigenvalue weighted by molar-refractivity contribution is 0.0697. The third-order valence-corrected chi connectivity index (χ3v) is 2.62. The second-order valence-corrected chi connectivity index (χ2v) is 4.16. The Morgan fingerprint density at radius 2 is 1.74 bits per heavy atom. The Hall–Kier alpha value is -2.62. The maximum absolute atomic E-state index is 10.7. The molecule has 2 N–H and O–H groups in total. The number of carboxylic acids is 1. The molecule has 0 amide bonds. The van der Waals surface area contributed by atoms with Crippen molar-refractivity contribution in [2.45, 2.75) is 6.92 Å². The summed E-state index contributed by atoms with van der Waals surface area (Å²) in [6, 6.07) is 14.4. The minimum absolute atomic E-state index is 0.267. The molecular formula is C15H14N2O2. The number of rotatable bonds is 4. The van der Waals surface area contributed by atoms with Crippen LogP contribution in [0.25, 0.3) is 0 Å². The van der Waals surface area contributed by atoms with E-state index < -0.39 is 5.97 Å². The number of carboxylic acid groups (broad SMARTS) is 1. The fourth-order valence-electron chi connectivity index (χ4n) is 1.52. The maximum atomic E-state index is 10.7. The van der Waals surface area contributed by atoms with Gasteiger partial charge in [-0.15, -0.1) is 0 Å². The molecule has 4 nitrogen and oxygen atoms in total. The Labute approximate surface area is 111 Å². The summed E-state index contributed by atoms with van der Waals surface area (Å²) in [5.74, 6) is -0.929. The van der Waals surface area contributed by atoms with Crippen LogP contribution in [-0.4, -0.2) is 17.3 Å². The van der Waals surface area contributed by atoms with E-state index in [0.29, 0.717) is 0 Å². The Kier molecular flexibility index (Phi) is 3.93. The van der Waals surface area contributed by atoms with Crippen molar-refractivity contribution in [3.63, 3.8) is 0 Å². The van der Waals surface area contributed by atoms with Crippen molar-refractivity contribution >= 4 is 17.9 Å². The molecule has 0 aliphatic rings. The van der Waals surface area contributed by atoms with Gasteiger partial charge in [0.15, 0.2) is 0 Å². The molecule has 0 aliphatic heterocycles. The summed E-state index contributed by atoms with van der Waals surface area (Å²) < 4.78 is 0.